The van der Waals surface area contributed by atoms with E-state index >= 15 is 0 Å². The van der Waals surface area contributed by atoms with Gasteiger partial charge >= 0.3 is 6.18 Å². The van der Waals surface area contributed by atoms with E-state index in [0.29, 0.717) is 18.4 Å². The number of oxime groups is 1. The maximum Gasteiger partial charge on any atom is 0.435 e. The van der Waals surface area contributed by atoms with E-state index in [1.165, 1.54) is 18.2 Å². The Balaban J connectivity index is 1.30. The van der Waals surface area contributed by atoms with E-state index in [2.05, 4.69) is 10.5 Å². The number of alkyl halides is 3. The van der Waals surface area contributed by atoms with Gasteiger partial charge in [-0.05, 0) is 55.2 Å². The van der Waals surface area contributed by atoms with E-state index in [1.54, 1.807) is 6.92 Å². The number of aryl methyl sites for hydroxylation is 1. The van der Waals surface area contributed by atoms with Gasteiger partial charge in [0, 0.05) is 17.5 Å². The Morgan fingerprint density at radius 1 is 1.18 bits per heavy atom. The summed E-state index contributed by atoms with van der Waals surface area (Å²) in [5.74, 6) is -1.55. The van der Waals surface area contributed by atoms with Crippen LogP contribution in [0.2, 0.25) is 10.0 Å². The molecule has 1 aliphatic carbocycles. The predicted octanol–water partition coefficient (Wildman–Crippen LogP) is 5.25. The van der Waals surface area contributed by atoms with Gasteiger partial charge in [-0.3, -0.25) is 9.63 Å². The third kappa shape index (κ3) is 5.06. The summed E-state index contributed by atoms with van der Waals surface area (Å²) in [7, 11) is -3.58. The molecule has 2 aromatic carbocycles. The molecule has 2 aromatic rings. The number of nitrogens with zero attached hydrogens (tertiary/aromatic N) is 2. The molecule has 0 radical (unpaired) electrons. The van der Waals surface area contributed by atoms with Gasteiger partial charge in [-0.25, -0.2) is 12.8 Å². The molecule has 2 heterocycles. The lowest BCUT2D eigenvalue weighted by molar-refractivity contribution is -0.275. The van der Waals surface area contributed by atoms with Crippen LogP contribution in [-0.2, 0) is 25.3 Å². The van der Waals surface area contributed by atoms with Gasteiger partial charge in [0.2, 0.25) is 10.0 Å². The molecule has 8 nitrogen and oxygen atoms in total. The number of hydrogen-bond acceptors (Lipinski definition) is 6. The van der Waals surface area contributed by atoms with Crippen LogP contribution in [0.15, 0.2) is 35.5 Å². The Bertz CT molecular complexity index is 1480. The molecule has 5 rings (SSSR count). The normalized spacial score (nSPS) is 24.0. The van der Waals surface area contributed by atoms with Crippen molar-refractivity contribution in [3.05, 3.63) is 68.4 Å². The first-order chi connectivity index (χ1) is 18.7. The van der Waals surface area contributed by atoms with Gasteiger partial charge in [0.15, 0.2) is 5.82 Å². The lowest BCUT2D eigenvalue weighted by Crippen LogP contribution is -2.43. The van der Waals surface area contributed by atoms with E-state index in [9.17, 15) is 30.8 Å². The largest absolute Gasteiger partial charge is 0.435 e. The molecule has 2 fully saturated rings. The fourth-order valence-corrected chi connectivity index (χ4v) is 7.11. The molecule has 2 atom stereocenters. The highest BCUT2D eigenvalue weighted by molar-refractivity contribution is 7.89. The third-order valence-corrected chi connectivity index (χ3v) is 10.0. The van der Waals surface area contributed by atoms with Crippen LogP contribution >= 0.6 is 23.2 Å². The number of carbonyl (C=O) groups is 1. The molecular formula is C25H23Cl2F4N3O5S. The van der Waals surface area contributed by atoms with Crippen molar-refractivity contribution in [3.63, 3.8) is 0 Å². The van der Waals surface area contributed by atoms with Gasteiger partial charge < -0.3 is 10.2 Å². The van der Waals surface area contributed by atoms with Crippen LogP contribution in [0.3, 0.4) is 0 Å². The van der Waals surface area contributed by atoms with Gasteiger partial charge in [-0.1, -0.05) is 45.3 Å². The minimum absolute atomic E-state index is 0.0140. The molecule has 2 unspecified atom stereocenters. The minimum atomic E-state index is -4.96. The summed E-state index contributed by atoms with van der Waals surface area (Å²) in [6.07, 6.45) is -3.70. The van der Waals surface area contributed by atoms with Crippen molar-refractivity contribution in [2.24, 2.45) is 5.16 Å². The van der Waals surface area contributed by atoms with Crippen molar-refractivity contribution in [1.29, 1.82) is 0 Å². The monoisotopic (exact) mass is 623 g/mol. The molecule has 1 N–H and O–H groups in total. The molecule has 3 aliphatic rings. The number of halogens is 6. The smallest absolute Gasteiger partial charge is 0.374 e. The van der Waals surface area contributed by atoms with Crippen molar-refractivity contribution in [3.8, 4) is 0 Å². The average Bonchev–Trinajstić information content (AvgIpc) is 3.49. The van der Waals surface area contributed by atoms with Gasteiger partial charge in [-0.15, -0.1) is 0 Å². The maximum atomic E-state index is 14.3. The topological polar surface area (TPSA) is 97.3 Å². The van der Waals surface area contributed by atoms with Crippen molar-refractivity contribution >= 4 is 44.8 Å². The number of hydroxylamine groups is 1. The number of carbonyl (C=O) groups excluding carboxylic acids is 1. The first-order valence-corrected chi connectivity index (χ1v) is 14.5. The number of sulfonamides is 1. The number of nitrogens with one attached hydrogen (secondary N) is 1. The molecule has 2 aliphatic heterocycles. The number of hydrogen-bond donors (Lipinski definition) is 1. The summed E-state index contributed by atoms with van der Waals surface area (Å²) in [5.41, 5.74) is -2.54. The van der Waals surface area contributed by atoms with Crippen LogP contribution in [0, 0.1) is 12.7 Å². The summed E-state index contributed by atoms with van der Waals surface area (Å²) in [6, 6.07) is 5.39. The fraction of sp³-hybridized carbons (Fsp3) is 0.440. The van der Waals surface area contributed by atoms with Crippen LogP contribution in [-0.4, -0.2) is 55.1 Å². The van der Waals surface area contributed by atoms with E-state index in [4.69, 9.17) is 32.9 Å². The van der Waals surface area contributed by atoms with Gasteiger partial charge in [0.1, 0.15) is 0 Å². The zero-order chi connectivity index (χ0) is 29.0. The van der Waals surface area contributed by atoms with Gasteiger partial charge in [-0.2, -0.15) is 13.2 Å². The summed E-state index contributed by atoms with van der Waals surface area (Å²) < 4.78 is 82.8. The SMILES string of the molecule is Cc1cc(C2=NOC(c3cc(Cl)c(F)c(Cl)c3)(C(F)(F)F)C2)ccc1C(=O)NC1CON(S(=O)(=O)C2CCC2)C1. The van der Waals surface area contributed by atoms with E-state index < -0.39 is 66.8 Å². The molecule has 40 heavy (non-hydrogen) atoms. The predicted molar refractivity (Wildman–Crippen MR) is 138 cm³/mol. The maximum absolute atomic E-state index is 14.3. The zero-order valence-electron chi connectivity index (χ0n) is 20.9. The lowest BCUT2D eigenvalue weighted by atomic mass is 9.86. The highest BCUT2D eigenvalue weighted by Gasteiger charge is 2.62. The minimum Gasteiger partial charge on any atom is -0.374 e. The van der Waals surface area contributed by atoms with Crippen molar-refractivity contribution in [2.75, 3.05) is 13.2 Å². The Morgan fingerprint density at radius 2 is 1.85 bits per heavy atom. The van der Waals surface area contributed by atoms with Crippen molar-refractivity contribution in [1.82, 2.24) is 9.79 Å². The lowest BCUT2D eigenvalue weighted by Gasteiger charge is -2.29. The van der Waals surface area contributed by atoms with Crippen LogP contribution in [0.4, 0.5) is 17.6 Å². The van der Waals surface area contributed by atoms with Crippen LogP contribution in [0.1, 0.15) is 52.7 Å². The van der Waals surface area contributed by atoms with E-state index in [0.717, 1.165) is 23.0 Å². The molecule has 15 heteroatoms. The molecule has 0 aromatic heterocycles. The Labute approximate surface area is 237 Å². The number of rotatable bonds is 6. The Hall–Kier alpha value is -2.45. The number of amides is 1. The van der Waals surface area contributed by atoms with Crippen LogP contribution < -0.4 is 5.32 Å². The Kier molecular flexibility index (Phi) is 7.58. The van der Waals surface area contributed by atoms with Crippen molar-refractivity contribution in [2.45, 2.75) is 55.7 Å². The standard InChI is InChI=1S/C25H23Cl2F4N3O5S/c1-13-7-14(21-10-24(39-33-21,25(29,30)31)15-8-19(26)22(28)20(27)9-15)5-6-18(13)23(35)32-16-11-34(38-12-16)40(36,37)17-3-2-4-17/h5-9,16-17H,2-4,10-12H2,1H3,(H,32,35). The first kappa shape index (κ1) is 29.1. The molecule has 1 saturated heterocycles. The van der Waals surface area contributed by atoms with Gasteiger partial charge in [0.05, 0.1) is 40.2 Å². The number of benzene rings is 2. The molecule has 1 saturated carbocycles. The fourth-order valence-electron chi connectivity index (χ4n) is 4.77. The van der Waals surface area contributed by atoms with Crippen LogP contribution in [0.5, 0.6) is 0 Å². The molecular weight excluding hydrogens is 601 g/mol. The molecule has 216 valence electrons. The third-order valence-electron chi connectivity index (χ3n) is 7.32. The second-order valence-electron chi connectivity index (χ2n) is 9.96. The first-order valence-electron chi connectivity index (χ1n) is 12.3. The molecule has 0 spiro atoms. The molecule has 1 amide bonds. The summed E-state index contributed by atoms with van der Waals surface area (Å²) in [6.45, 7) is 1.57. The highest BCUT2D eigenvalue weighted by atomic mass is 35.5. The second kappa shape index (κ2) is 10.4. The van der Waals surface area contributed by atoms with E-state index in [1.807, 2.05) is 0 Å². The quantitative estimate of drug-likeness (QED) is 0.350. The summed E-state index contributed by atoms with van der Waals surface area (Å²) in [4.78, 5) is 23.2. The average molecular weight is 624 g/mol. The Morgan fingerprint density at radius 3 is 2.42 bits per heavy atom. The summed E-state index contributed by atoms with van der Waals surface area (Å²) in [5, 5.41) is 4.77. The van der Waals surface area contributed by atoms with Gasteiger partial charge in [0.25, 0.3) is 11.5 Å². The van der Waals surface area contributed by atoms with Crippen LogP contribution in [0.25, 0.3) is 0 Å². The molecule has 0 bridgehead atoms. The second-order valence-corrected chi connectivity index (χ2v) is 12.9. The highest BCUT2D eigenvalue weighted by Crippen LogP contribution is 2.50. The zero-order valence-corrected chi connectivity index (χ0v) is 23.2. The summed E-state index contributed by atoms with van der Waals surface area (Å²) >= 11 is 11.5. The van der Waals surface area contributed by atoms with Crippen molar-refractivity contribution < 1.29 is 40.4 Å². The van der Waals surface area contributed by atoms with E-state index in [-0.39, 0.29) is 30.0 Å².